The van der Waals surface area contributed by atoms with E-state index in [4.69, 9.17) is 0 Å². The lowest BCUT2D eigenvalue weighted by atomic mass is 9.79. The monoisotopic (exact) mass is 584 g/mol. The van der Waals surface area contributed by atoms with Crippen molar-refractivity contribution in [3.63, 3.8) is 0 Å². The molecule has 0 aliphatic rings. The summed E-state index contributed by atoms with van der Waals surface area (Å²) >= 11 is 0. The highest BCUT2D eigenvalue weighted by Crippen LogP contribution is 2.62. The van der Waals surface area contributed by atoms with Gasteiger partial charge in [-0.05, 0) is 11.1 Å². The number of aliphatic hydroxyl groups is 1. The molecule has 1 atom stereocenters. The molecule has 0 radical (unpaired) electrons. The molecule has 0 aromatic heterocycles. The Morgan fingerprint density at radius 2 is 0.895 bits per heavy atom. The van der Waals surface area contributed by atoms with Crippen molar-refractivity contribution in [1.82, 2.24) is 0 Å². The maximum absolute atomic E-state index is 14.4. The molecule has 0 aliphatic heterocycles. The number of halogens is 16. The van der Waals surface area contributed by atoms with E-state index in [0.29, 0.717) is 6.07 Å². The van der Waals surface area contributed by atoms with Crippen molar-refractivity contribution in [2.75, 3.05) is 0 Å². The van der Waals surface area contributed by atoms with Gasteiger partial charge in [0.05, 0.1) is 6.42 Å². The highest BCUT2D eigenvalue weighted by molar-refractivity contribution is 5.68. The fourth-order valence-electron chi connectivity index (χ4n) is 3.30. The van der Waals surface area contributed by atoms with E-state index in [1.165, 1.54) is 18.2 Å². The summed E-state index contributed by atoms with van der Waals surface area (Å²) in [5.74, 6) is -39.8. The Bertz CT molecular complexity index is 1120. The Kier molecular flexibility index (Phi) is 7.62. The summed E-state index contributed by atoms with van der Waals surface area (Å²) in [5, 5.41) is 10.2. The van der Waals surface area contributed by atoms with Crippen molar-refractivity contribution >= 4 is 0 Å². The van der Waals surface area contributed by atoms with Crippen molar-refractivity contribution in [2.24, 2.45) is 0 Å². The van der Waals surface area contributed by atoms with Gasteiger partial charge in [-0.3, -0.25) is 0 Å². The van der Waals surface area contributed by atoms with Crippen molar-refractivity contribution < 1.29 is 75.4 Å². The van der Waals surface area contributed by atoms with Crippen LogP contribution >= 0.6 is 0 Å². The topological polar surface area (TPSA) is 20.2 Å². The maximum atomic E-state index is 14.4. The number of benzene rings is 2. The van der Waals surface area contributed by atoms with Crippen LogP contribution in [0.2, 0.25) is 0 Å². The molecule has 0 heterocycles. The molecule has 2 aromatic rings. The predicted octanol–water partition coefficient (Wildman–Crippen LogP) is 8.23. The van der Waals surface area contributed by atoms with Gasteiger partial charge >= 0.3 is 42.0 Å². The zero-order valence-corrected chi connectivity index (χ0v) is 17.9. The summed E-state index contributed by atoms with van der Waals surface area (Å²) in [6, 6.07) is 8.38. The van der Waals surface area contributed by atoms with Crippen molar-refractivity contribution in [1.29, 1.82) is 0 Å². The Morgan fingerprint density at radius 3 is 1.34 bits per heavy atom. The molecule has 1 nitrogen and oxygen atoms in total. The Labute approximate surface area is 201 Å². The van der Waals surface area contributed by atoms with Crippen LogP contribution in [-0.2, 0) is 5.60 Å². The smallest absolute Gasteiger partial charge is 0.376 e. The van der Waals surface area contributed by atoms with Gasteiger partial charge in [0.15, 0.2) is 5.60 Å². The Balaban J connectivity index is 2.73. The van der Waals surface area contributed by atoms with E-state index < -0.39 is 65.1 Å². The second-order valence-corrected chi connectivity index (χ2v) is 7.95. The van der Waals surface area contributed by atoms with Crippen molar-refractivity contribution in [2.45, 2.75) is 54.0 Å². The first kappa shape index (κ1) is 31.5. The Morgan fingerprint density at radius 1 is 0.474 bits per heavy atom. The van der Waals surface area contributed by atoms with E-state index in [1.54, 1.807) is 0 Å². The van der Waals surface area contributed by atoms with Gasteiger partial charge in [-0.1, -0.05) is 54.6 Å². The van der Waals surface area contributed by atoms with Gasteiger partial charge in [-0.2, -0.15) is 70.2 Å². The summed E-state index contributed by atoms with van der Waals surface area (Å²) in [5.41, 5.74) is -7.98. The van der Waals surface area contributed by atoms with Crippen molar-refractivity contribution in [3.8, 4) is 11.1 Å². The molecular formula is C21H12F16O. The van der Waals surface area contributed by atoms with E-state index >= 15 is 0 Å². The fraction of sp³-hybridized carbons (Fsp3) is 0.429. The fourth-order valence-corrected chi connectivity index (χ4v) is 3.30. The van der Waals surface area contributed by atoms with Crippen LogP contribution in [-0.4, -0.2) is 47.1 Å². The molecule has 1 unspecified atom stereocenters. The normalized spacial score (nSPS) is 16.3. The van der Waals surface area contributed by atoms with Gasteiger partial charge in [-0.15, -0.1) is 0 Å². The summed E-state index contributed by atoms with van der Waals surface area (Å²) in [4.78, 5) is 0. The zero-order valence-electron chi connectivity index (χ0n) is 17.9. The summed E-state index contributed by atoms with van der Waals surface area (Å²) in [7, 11) is 0. The van der Waals surface area contributed by atoms with Gasteiger partial charge in [-0.25, -0.2) is 0 Å². The standard InChI is InChI=1S/C21H12F16O/c22-15(23,16(24,25)17(26,27)18(28,29)19(30,31)21(35,36)37)10-14(38,20(32,33)34)13-9-5-4-8-12(13)11-6-2-1-3-7-11/h1-9,38H,10H2. The number of alkyl halides is 16. The first-order valence-electron chi connectivity index (χ1n) is 9.69. The zero-order chi connectivity index (χ0) is 29.8. The van der Waals surface area contributed by atoms with Crippen LogP contribution in [0, 0.1) is 0 Å². The molecule has 0 fully saturated rings. The van der Waals surface area contributed by atoms with Gasteiger partial charge in [0.1, 0.15) is 0 Å². The number of rotatable bonds is 8. The minimum absolute atomic E-state index is 0.245. The van der Waals surface area contributed by atoms with Crippen LogP contribution in [0.1, 0.15) is 12.0 Å². The molecule has 214 valence electrons. The van der Waals surface area contributed by atoms with Crippen LogP contribution in [0.4, 0.5) is 70.2 Å². The second-order valence-electron chi connectivity index (χ2n) is 7.95. The third-order valence-electron chi connectivity index (χ3n) is 5.40. The third kappa shape index (κ3) is 4.66. The summed E-state index contributed by atoms with van der Waals surface area (Å²) < 4.78 is 216. The van der Waals surface area contributed by atoms with E-state index in [1.807, 2.05) is 0 Å². The summed E-state index contributed by atoms with van der Waals surface area (Å²) in [6.07, 6.45) is -18.0. The van der Waals surface area contributed by atoms with E-state index in [-0.39, 0.29) is 11.6 Å². The molecule has 0 aliphatic carbocycles. The highest BCUT2D eigenvalue weighted by Gasteiger charge is 2.91. The van der Waals surface area contributed by atoms with Crippen LogP contribution in [0.25, 0.3) is 11.1 Å². The number of hydrogen-bond acceptors (Lipinski definition) is 1. The molecule has 0 amide bonds. The van der Waals surface area contributed by atoms with Crippen LogP contribution in [0.5, 0.6) is 0 Å². The average molecular weight is 584 g/mol. The minimum atomic E-state index is -8.30. The van der Waals surface area contributed by atoms with Crippen LogP contribution in [0.15, 0.2) is 54.6 Å². The van der Waals surface area contributed by atoms with E-state index in [0.717, 1.165) is 24.3 Å². The molecule has 0 spiro atoms. The molecule has 0 saturated carbocycles. The molecule has 2 rings (SSSR count). The molecule has 17 heteroatoms. The highest BCUT2D eigenvalue weighted by atomic mass is 19.4. The van der Waals surface area contributed by atoms with Gasteiger partial charge in [0.25, 0.3) is 0 Å². The first-order chi connectivity index (χ1) is 16.8. The maximum Gasteiger partial charge on any atom is 0.460 e. The van der Waals surface area contributed by atoms with E-state index in [9.17, 15) is 75.4 Å². The molecule has 0 bridgehead atoms. The van der Waals surface area contributed by atoms with Gasteiger partial charge < -0.3 is 5.11 Å². The average Bonchev–Trinajstić information content (AvgIpc) is 2.77. The molecule has 0 saturated heterocycles. The molecular weight excluding hydrogens is 572 g/mol. The molecule has 2 aromatic carbocycles. The second kappa shape index (κ2) is 9.19. The first-order valence-corrected chi connectivity index (χ1v) is 9.69. The van der Waals surface area contributed by atoms with E-state index in [2.05, 4.69) is 0 Å². The number of hydrogen-bond donors (Lipinski definition) is 1. The largest absolute Gasteiger partial charge is 0.460 e. The van der Waals surface area contributed by atoms with Gasteiger partial charge in [0.2, 0.25) is 0 Å². The lowest BCUT2D eigenvalue weighted by Gasteiger charge is -2.42. The molecule has 38 heavy (non-hydrogen) atoms. The Hall–Kier alpha value is -2.72. The lowest BCUT2D eigenvalue weighted by molar-refractivity contribution is -0.443. The summed E-state index contributed by atoms with van der Waals surface area (Å²) in [6.45, 7) is 0. The minimum Gasteiger partial charge on any atom is -0.376 e. The quantitative estimate of drug-likeness (QED) is 0.310. The van der Waals surface area contributed by atoms with Crippen LogP contribution < -0.4 is 0 Å². The third-order valence-corrected chi connectivity index (χ3v) is 5.40. The molecule has 1 N–H and O–H groups in total. The predicted molar refractivity (Wildman–Crippen MR) is 97.2 cm³/mol. The van der Waals surface area contributed by atoms with Gasteiger partial charge in [0, 0.05) is 5.56 Å². The van der Waals surface area contributed by atoms with Crippen LogP contribution in [0.3, 0.4) is 0 Å². The lowest BCUT2D eigenvalue weighted by Crippen LogP contribution is -2.70. The van der Waals surface area contributed by atoms with Crippen molar-refractivity contribution in [3.05, 3.63) is 60.2 Å². The SMILES string of the molecule is OC(CC(F)(F)C(F)(F)C(F)(F)C(F)(F)C(F)(F)C(F)(F)F)(c1ccccc1-c1ccccc1)C(F)(F)F.